The lowest BCUT2D eigenvalue weighted by Gasteiger charge is -2.34. The lowest BCUT2D eigenvalue weighted by molar-refractivity contribution is 0.0592. The van der Waals surface area contributed by atoms with Gasteiger partial charge in [0.2, 0.25) is 0 Å². The number of furan rings is 1. The van der Waals surface area contributed by atoms with Crippen LogP contribution >= 0.6 is 0 Å². The Hall–Kier alpha value is -2.23. The van der Waals surface area contributed by atoms with E-state index in [-0.39, 0.29) is 5.91 Å². The minimum absolute atomic E-state index is 0.0174. The molecule has 0 spiro atoms. The summed E-state index contributed by atoms with van der Waals surface area (Å²) in [6, 6.07) is 9.33. The van der Waals surface area contributed by atoms with Crippen molar-refractivity contribution in [3.8, 4) is 11.3 Å². The number of aryl methyl sites for hydroxylation is 1. The lowest BCUT2D eigenvalue weighted by Crippen LogP contribution is -2.42. The third kappa shape index (κ3) is 3.26. The molecule has 0 radical (unpaired) electrons. The van der Waals surface area contributed by atoms with Crippen molar-refractivity contribution in [2.24, 2.45) is 11.8 Å². The number of hydrogen-bond donors (Lipinski definition) is 1. The summed E-state index contributed by atoms with van der Waals surface area (Å²) in [5.74, 6) is 2.15. The molecule has 122 valence electrons. The third-order valence-corrected chi connectivity index (χ3v) is 4.50. The first-order chi connectivity index (χ1) is 10.9. The Bertz CT molecular complexity index is 710. The van der Waals surface area contributed by atoms with Gasteiger partial charge in [-0.25, -0.2) is 0 Å². The van der Waals surface area contributed by atoms with Gasteiger partial charge in [0, 0.05) is 24.3 Å². The highest BCUT2D eigenvalue weighted by molar-refractivity contribution is 5.92. The van der Waals surface area contributed by atoms with Gasteiger partial charge in [0.05, 0.1) is 0 Å². The van der Waals surface area contributed by atoms with Crippen LogP contribution in [0.3, 0.4) is 0 Å². The first-order valence-corrected chi connectivity index (χ1v) is 8.19. The SMILES string of the molecule is Cc1ccc(N)cc1-c1ccc(C(=O)N2C[C@H](C)C[C@H](C)C2)o1. The molecule has 2 atom stereocenters. The van der Waals surface area contributed by atoms with Crippen LogP contribution in [0, 0.1) is 18.8 Å². The van der Waals surface area contributed by atoms with E-state index in [9.17, 15) is 4.79 Å². The van der Waals surface area contributed by atoms with E-state index in [0.717, 1.165) is 24.2 Å². The molecule has 1 aliphatic heterocycles. The number of benzene rings is 1. The summed E-state index contributed by atoms with van der Waals surface area (Å²) in [4.78, 5) is 14.6. The van der Waals surface area contributed by atoms with Crippen molar-refractivity contribution in [2.75, 3.05) is 18.8 Å². The number of rotatable bonds is 2. The number of nitrogens with two attached hydrogens (primary N) is 1. The molecule has 2 heterocycles. The smallest absolute Gasteiger partial charge is 0.289 e. The fraction of sp³-hybridized carbons (Fsp3) is 0.421. The molecule has 2 N–H and O–H groups in total. The average Bonchev–Trinajstić information content (AvgIpc) is 2.97. The predicted octanol–water partition coefficient (Wildman–Crippen LogP) is 3.96. The molecular formula is C19H24N2O2. The molecule has 1 aromatic carbocycles. The number of amides is 1. The van der Waals surface area contributed by atoms with Gasteiger partial charge in [-0.15, -0.1) is 0 Å². The molecule has 0 bridgehead atoms. The van der Waals surface area contributed by atoms with Crippen LogP contribution in [0.25, 0.3) is 11.3 Å². The first-order valence-electron chi connectivity index (χ1n) is 8.19. The second-order valence-electron chi connectivity index (χ2n) is 6.89. The molecule has 4 nitrogen and oxygen atoms in total. The van der Waals surface area contributed by atoms with Gasteiger partial charge < -0.3 is 15.1 Å². The normalized spacial score (nSPS) is 21.4. The number of hydrogen-bond acceptors (Lipinski definition) is 3. The van der Waals surface area contributed by atoms with Gasteiger partial charge in [0.25, 0.3) is 5.91 Å². The summed E-state index contributed by atoms with van der Waals surface area (Å²) in [6.45, 7) is 8.00. The zero-order chi connectivity index (χ0) is 16.6. The fourth-order valence-corrected chi connectivity index (χ4v) is 3.49. The van der Waals surface area contributed by atoms with Crippen molar-refractivity contribution >= 4 is 11.6 Å². The van der Waals surface area contributed by atoms with Gasteiger partial charge in [-0.2, -0.15) is 0 Å². The predicted molar refractivity (Wildman–Crippen MR) is 92.1 cm³/mol. The molecule has 1 aliphatic rings. The maximum Gasteiger partial charge on any atom is 0.289 e. The van der Waals surface area contributed by atoms with Crippen LogP contribution in [-0.4, -0.2) is 23.9 Å². The van der Waals surface area contributed by atoms with Crippen molar-refractivity contribution in [2.45, 2.75) is 27.2 Å². The van der Waals surface area contributed by atoms with Crippen LogP contribution in [0.5, 0.6) is 0 Å². The summed E-state index contributed by atoms with van der Waals surface area (Å²) in [5, 5.41) is 0. The quantitative estimate of drug-likeness (QED) is 0.854. The van der Waals surface area contributed by atoms with E-state index in [1.165, 1.54) is 6.42 Å². The second kappa shape index (κ2) is 6.11. The molecule has 23 heavy (non-hydrogen) atoms. The third-order valence-electron chi connectivity index (χ3n) is 4.50. The van der Waals surface area contributed by atoms with E-state index >= 15 is 0 Å². The lowest BCUT2D eigenvalue weighted by atomic mass is 9.92. The van der Waals surface area contributed by atoms with E-state index in [2.05, 4.69) is 13.8 Å². The van der Waals surface area contributed by atoms with Crippen LogP contribution in [0.15, 0.2) is 34.7 Å². The molecule has 0 aliphatic carbocycles. The molecule has 1 saturated heterocycles. The molecule has 0 unspecified atom stereocenters. The molecular weight excluding hydrogens is 288 g/mol. The fourth-order valence-electron chi connectivity index (χ4n) is 3.49. The van der Waals surface area contributed by atoms with Crippen molar-refractivity contribution in [3.05, 3.63) is 41.7 Å². The second-order valence-corrected chi connectivity index (χ2v) is 6.89. The molecule has 1 aromatic heterocycles. The number of anilines is 1. The van der Waals surface area contributed by atoms with Crippen molar-refractivity contribution in [3.63, 3.8) is 0 Å². The topological polar surface area (TPSA) is 59.5 Å². The van der Waals surface area contributed by atoms with E-state index in [4.69, 9.17) is 10.2 Å². The maximum absolute atomic E-state index is 12.7. The van der Waals surface area contributed by atoms with Crippen molar-refractivity contribution in [1.29, 1.82) is 0 Å². The zero-order valence-electron chi connectivity index (χ0n) is 14.0. The summed E-state index contributed by atoms with van der Waals surface area (Å²) < 4.78 is 5.84. The standard InChI is InChI=1S/C19H24N2O2/c1-12-8-13(2)11-21(10-12)19(22)18-7-6-17(23-18)16-9-15(20)5-4-14(16)3/h4-7,9,12-13H,8,10-11,20H2,1-3H3/t12-,13+. The summed E-state index contributed by atoms with van der Waals surface area (Å²) in [5.41, 5.74) is 8.56. The number of likely N-dealkylation sites (tertiary alicyclic amines) is 1. The number of piperidine rings is 1. The highest BCUT2D eigenvalue weighted by Gasteiger charge is 2.27. The van der Waals surface area contributed by atoms with Gasteiger partial charge in [0.15, 0.2) is 5.76 Å². The number of carbonyl (C=O) groups is 1. The minimum atomic E-state index is -0.0174. The Morgan fingerprint density at radius 2 is 1.87 bits per heavy atom. The Labute approximate surface area is 137 Å². The van der Waals surface area contributed by atoms with Gasteiger partial charge >= 0.3 is 0 Å². The van der Waals surface area contributed by atoms with E-state index in [1.54, 1.807) is 6.07 Å². The van der Waals surface area contributed by atoms with Gasteiger partial charge in [-0.05, 0) is 55.0 Å². The van der Waals surface area contributed by atoms with Crippen LogP contribution in [-0.2, 0) is 0 Å². The molecule has 1 amide bonds. The molecule has 1 fully saturated rings. The Morgan fingerprint density at radius 3 is 2.57 bits per heavy atom. The summed E-state index contributed by atoms with van der Waals surface area (Å²) >= 11 is 0. The van der Waals surface area contributed by atoms with Crippen molar-refractivity contribution in [1.82, 2.24) is 4.90 Å². The van der Waals surface area contributed by atoms with Crippen LogP contribution in [0.2, 0.25) is 0 Å². The van der Waals surface area contributed by atoms with Gasteiger partial charge in [0.1, 0.15) is 5.76 Å². The highest BCUT2D eigenvalue weighted by atomic mass is 16.4. The molecule has 3 rings (SSSR count). The first kappa shape index (κ1) is 15.7. The summed E-state index contributed by atoms with van der Waals surface area (Å²) in [7, 11) is 0. The van der Waals surface area contributed by atoms with Gasteiger partial charge in [-0.3, -0.25) is 4.79 Å². The van der Waals surface area contributed by atoms with Crippen LogP contribution < -0.4 is 5.73 Å². The van der Waals surface area contributed by atoms with E-state index in [0.29, 0.717) is 29.0 Å². The van der Waals surface area contributed by atoms with Crippen LogP contribution in [0.1, 0.15) is 36.4 Å². The van der Waals surface area contributed by atoms with Gasteiger partial charge in [-0.1, -0.05) is 19.9 Å². The minimum Gasteiger partial charge on any atom is -0.451 e. The number of nitrogens with zero attached hydrogens (tertiary/aromatic N) is 1. The van der Waals surface area contributed by atoms with E-state index < -0.39 is 0 Å². The molecule has 2 aromatic rings. The molecule has 4 heteroatoms. The monoisotopic (exact) mass is 312 g/mol. The Balaban J connectivity index is 1.84. The average molecular weight is 312 g/mol. The maximum atomic E-state index is 12.7. The van der Waals surface area contributed by atoms with Crippen LogP contribution in [0.4, 0.5) is 5.69 Å². The van der Waals surface area contributed by atoms with E-state index in [1.807, 2.05) is 36.1 Å². The Kier molecular flexibility index (Phi) is 4.16. The Morgan fingerprint density at radius 1 is 1.17 bits per heavy atom. The number of nitrogen functional groups attached to an aromatic ring is 1. The summed E-state index contributed by atoms with van der Waals surface area (Å²) in [6.07, 6.45) is 1.18. The zero-order valence-corrected chi connectivity index (χ0v) is 14.0. The molecule has 0 saturated carbocycles. The largest absolute Gasteiger partial charge is 0.451 e. The highest BCUT2D eigenvalue weighted by Crippen LogP contribution is 2.29. The van der Waals surface area contributed by atoms with Crippen molar-refractivity contribution < 1.29 is 9.21 Å². The number of carbonyl (C=O) groups excluding carboxylic acids is 1.